The van der Waals surface area contributed by atoms with Gasteiger partial charge in [0.25, 0.3) is 0 Å². The summed E-state index contributed by atoms with van der Waals surface area (Å²) in [6, 6.07) is 7.29. The topological polar surface area (TPSA) is 74.2 Å². The summed E-state index contributed by atoms with van der Waals surface area (Å²) in [4.78, 5) is 3.98. The summed E-state index contributed by atoms with van der Waals surface area (Å²) >= 11 is 0. The third-order valence-corrected chi connectivity index (χ3v) is 1.78. The number of hydrogen-bond donors (Lipinski definition) is 1. The molecule has 2 aromatic rings. The molecule has 0 spiro atoms. The fraction of sp³-hybridized carbons (Fsp3) is 0.111. The van der Waals surface area contributed by atoms with E-state index in [9.17, 15) is 0 Å². The minimum absolute atomic E-state index is 0.128. The first kappa shape index (κ1) is 8.55. The molecule has 2 rings (SSSR count). The van der Waals surface area contributed by atoms with Crippen molar-refractivity contribution in [1.82, 2.24) is 10.1 Å². The maximum Gasteiger partial charge on any atom is 0.417 e. The number of hydrogen-bond acceptors (Lipinski definition) is 5. The van der Waals surface area contributed by atoms with Gasteiger partial charge in [0.2, 0.25) is 5.82 Å². The average molecular weight is 191 g/mol. The number of nitrogens with two attached hydrogens (primary N) is 1. The second-order valence-electron chi connectivity index (χ2n) is 2.68. The zero-order valence-corrected chi connectivity index (χ0v) is 7.60. The Morgan fingerprint density at radius 3 is 2.79 bits per heavy atom. The molecule has 0 saturated carbocycles. The molecule has 0 atom stereocenters. The number of aromatic nitrogens is 2. The highest BCUT2D eigenvalue weighted by atomic mass is 16.6. The van der Waals surface area contributed by atoms with Gasteiger partial charge >= 0.3 is 6.08 Å². The van der Waals surface area contributed by atoms with E-state index in [-0.39, 0.29) is 6.08 Å². The standard InChI is InChI=1S/C9H9N3O2/c1-13-9-11-8(12-14-9)6-4-2-3-5-7(6)10/h2-5H,10H2,1H3. The Hall–Kier alpha value is -2.04. The summed E-state index contributed by atoms with van der Waals surface area (Å²) in [6.07, 6.45) is 0.128. The largest absolute Gasteiger partial charge is 0.452 e. The molecule has 0 aliphatic rings. The summed E-state index contributed by atoms with van der Waals surface area (Å²) in [5.41, 5.74) is 7.08. The highest BCUT2D eigenvalue weighted by Gasteiger charge is 2.10. The predicted molar refractivity (Wildman–Crippen MR) is 50.7 cm³/mol. The van der Waals surface area contributed by atoms with Crippen LogP contribution in [0.5, 0.6) is 6.08 Å². The number of benzene rings is 1. The average Bonchev–Trinajstić information content (AvgIpc) is 2.67. The smallest absolute Gasteiger partial charge is 0.417 e. The van der Waals surface area contributed by atoms with Crippen LogP contribution < -0.4 is 10.5 Å². The molecule has 5 nitrogen and oxygen atoms in total. The van der Waals surface area contributed by atoms with Crippen molar-refractivity contribution >= 4 is 5.69 Å². The molecule has 0 unspecified atom stereocenters. The van der Waals surface area contributed by atoms with Gasteiger partial charge in [-0.2, -0.15) is 4.98 Å². The van der Waals surface area contributed by atoms with E-state index in [0.29, 0.717) is 11.5 Å². The molecule has 0 fully saturated rings. The third-order valence-electron chi connectivity index (χ3n) is 1.78. The number of ether oxygens (including phenoxy) is 1. The van der Waals surface area contributed by atoms with Gasteiger partial charge in [-0.1, -0.05) is 17.3 Å². The summed E-state index contributed by atoms with van der Waals surface area (Å²) in [5.74, 6) is 0.431. The first-order chi connectivity index (χ1) is 6.81. The van der Waals surface area contributed by atoms with Crippen molar-refractivity contribution in [3.63, 3.8) is 0 Å². The lowest BCUT2D eigenvalue weighted by Gasteiger charge is -1.97. The fourth-order valence-electron chi connectivity index (χ4n) is 1.10. The highest BCUT2D eigenvalue weighted by Crippen LogP contribution is 2.23. The van der Waals surface area contributed by atoms with E-state index >= 15 is 0 Å². The van der Waals surface area contributed by atoms with Crippen LogP contribution in [-0.2, 0) is 0 Å². The summed E-state index contributed by atoms with van der Waals surface area (Å²) < 4.78 is 9.56. The van der Waals surface area contributed by atoms with Crippen LogP contribution in [0, 0.1) is 0 Å². The van der Waals surface area contributed by atoms with Crippen LogP contribution in [0.4, 0.5) is 5.69 Å². The molecule has 0 amide bonds. The highest BCUT2D eigenvalue weighted by molar-refractivity contribution is 5.70. The van der Waals surface area contributed by atoms with Crippen molar-refractivity contribution in [2.24, 2.45) is 0 Å². The van der Waals surface area contributed by atoms with Crippen LogP contribution in [0.1, 0.15) is 0 Å². The molecule has 0 radical (unpaired) electrons. The van der Waals surface area contributed by atoms with Gasteiger partial charge in [0, 0.05) is 11.3 Å². The second kappa shape index (κ2) is 3.37. The van der Waals surface area contributed by atoms with Crippen molar-refractivity contribution in [3.05, 3.63) is 24.3 Å². The number of anilines is 1. The van der Waals surface area contributed by atoms with Gasteiger partial charge in [-0.15, -0.1) is 0 Å². The molecule has 5 heteroatoms. The number of para-hydroxylation sites is 1. The monoisotopic (exact) mass is 191 g/mol. The van der Waals surface area contributed by atoms with Gasteiger partial charge in [-0.25, -0.2) is 0 Å². The van der Waals surface area contributed by atoms with Crippen LogP contribution in [0.3, 0.4) is 0 Å². The van der Waals surface area contributed by atoms with Gasteiger partial charge in [0.05, 0.1) is 7.11 Å². The molecular formula is C9H9N3O2. The normalized spacial score (nSPS) is 10.1. The Bertz CT molecular complexity index is 439. The zero-order valence-electron chi connectivity index (χ0n) is 7.60. The summed E-state index contributed by atoms with van der Waals surface area (Å²) in [7, 11) is 1.46. The first-order valence-electron chi connectivity index (χ1n) is 4.04. The van der Waals surface area contributed by atoms with E-state index in [1.165, 1.54) is 7.11 Å². The summed E-state index contributed by atoms with van der Waals surface area (Å²) in [6.45, 7) is 0. The number of nitrogen functional groups attached to an aromatic ring is 1. The molecule has 1 heterocycles. The zero-order chi connectivity index (χ0) is 9.97. The van der Waals surface area contributed by atoms with Crippen molar-refractivity contribution in [2.45, 2.75) is 0 Å². The first-order valence-corrected chi connectivity index (χ1v) is 4.04. The van der Waals surface area contributed by atoms with E-state index in [0.717, 1.165) is 5.56 Å². The lowest BCUT2D eigenvalue weighted by molar-refractivity contribution is 0.250. The Labute approximate surface area is 80.5 Å². The van der Waals surface area contributed by atoms with E-state index in [1.54, 1.807) is 6.07 Å². The molecule has 2 N–H and O–H groups in total. The Balaban J connectivity index is 2.44. The molecular weight excluding hydrogens is 182 g/mol. The van der Waals surface area contributed by atoms with Gasteiger partial charge in [-0.3, -0.25) is 4.52 Å². The fourth-order valence-corrected chi connectivity index (χ4v) is 1.10. The number of rotatable bonds is 2. The maximum atomic E-state index is 5.74. The molecule has 14 heavy (non-hydrogen) atoms. The van der Waals surface area contributed by atoms with Crippen molar-refractivity contribution in [3.8, 4) is 17.5 Å². The maximum absolute atomic E-state index is 5.74. The number of nitrogens with zero attached hydrogens (tertiary/aromatic N) is 2. The molecule has 0 bridgehead atoms. The van der Waals surface area contributed by atoms with Gasteiger partial charge in [0.15, 0.2) is 0 Å². The number of methoxy groups -OCH3 is 1. The van der Waals surface area contributed by atoms with Gasteiger partial charge in [-0.05, 0) is 12.1 Å². The van der Waals surface area contributed by atoms with Gasteiger partial charge in [0.1, 0.15) is 0 Å². The van der Waals surface area contributed by atoms with Crippen LogP contribution in [0.25, 0.3) is 11.4 Å². The Morgan fingerprint density at radius 1 is 1.36 bits per heavy atom. The predicted octanol–water partition coefficient (Wildman–Crippen LogP) is 1.33. The van der Waals surface area contributed by atoms with E-state index < -0.39 is 0 Å². The molecule has 0 saturated heterocycles. The second-order valence-corrected chi connectivity index (χ2v) is 2.68. The van der Waals surface area contributed by atoms with E-state index in [1.807, 2.05) is 18.2 Å². The third kappa shape index (κ3) is 1.39. The molecule has 1 aromatic carbocycles. The lowest BCUT2D eigenvalue weighted by Crippen LogP contribution is -1.90. The van der Waals surface area contributed by atoms with Crippen LogP contribution in [-0.4, -0.2) is 17.3 Å². The van der Waals surface area contributed by atoms with E-state index in [4.69, 9.17) is 15.0 Å². The molecule has 1 aromatic heterocycles. The lowest BCUT2D eigenvalue weighted by atomic mass is 10.2. The quantitative estimate of drug-likeness (QED) is 0.725. The van der Waals surface area contributed by atoms with Crippen molar-refractivity contribution < 1.29 is 9.26 Å². The minimum atomic E-state index is 0.128. The molecule has 72 valence electrons. The van der Waals surface area contributed by atoms with Crippen LogP contribution in [0.2, 0.25) is 0 Å². The van der Waals surface area contributed by atoms with Gasteiger partial charge < -0.3 is 10.5 Å². The Morgan fingerprint density at radius 2 is 2.14 bits per heavy atom. The molecule has 0 aliphatic carbocycles. The van der Waals surface area contributed by atoms with E-state index in [2.05, 4.69) is 10.1 Å². The van der Waals surface area contributed by atoms with Crippen molar-refractivity contribution in [2.75, 3.05) is 12.8 Å². The SMILES string of the molecule is COc1nc(-c2ccccc2N)no1. The van der Waals surface area contributed by atoms with Crippen LogP contribution in [0.15, 0.2) is 28.8 Å². The molecule has 0 aliphatic heterocycles. The van der Waals surface area contributed by atoms with Crippen LogP contribution >= 0.6 is 0 Å². The van der Waals surface area contributed by atoms with Crippen molar-refractivity contribution in [1.29, 1.82) is 0 Å². The Kier molecular flexibility index (Phi) is 2.06. The minimum Gasteiger partial charge on any atom is -0.452 e. The summed E-state index contributed by atoms with van der Waals surface area (Å²) in [5, 5.41) is 3.73.